The van der Waals surface area contributed by atoms with E-state index in [1.807, 2.05) is 29.2 Å². The van der Waals surface area contributed by atoms with Crippen LogP contribution >= 0.6 is 15.9 Å². The maximum Gasteiger partial charge on any atom is 0.253 e. The van der Waals surface area contributed by atoms with Gasteiger partial charge in [0, 0.05) is 48.8 Å². The zero-order valence-electron chi connectivity index (χ0n) is 11.5. The van der Waals surface area contributed by atoms with E-state index in [9.17, 15) is 4.79 Å². The first-order valence-electron chi connectivity index (χ1n) is 7.23. The summed E-state index contributed by atoms with van der Waals surface area (Å²) in [6.45, 7) is 5.89. The second kappa shape index (κ2) is 6.24. The second-order valence-corrected chi connectivity index (χ2v) is 6.40. The summed E-state index contributed by atoms with van der Waals surface area (Å²) in [6, 6.07) is 8.29. The highest BCUT2D eigenvalue weighted by molar-refractivity contribution is 9.10. The Balaban J connectivity index is 1.57. The van der Waals surface area contributed by atoms with Crippen molar-refractivity contribution in [3.05, 3.63) is 34.3 Å². The van der Waals surface area contributed by atoms with Gasteiger partial charge < -0.3 is 10.2 Å². The van der Waals surface area contributed by atoms with Crippen LogP contribution in [0, 0.1) is 0 Å². The largest absolute Gasteiger partial charge is 0.336 e. The van der Waals surface area contributed by atoms with Crippen LogP contribution in [0.4, 0.5) is 0 Å². The first-order chi connectivity index (χ1) is 9.74. The van der Waals surface area contributed by atoms with E-state index >= 15 is 0 Å². The zero-order chi connectivity index (χ0) is 13.9. The van der Waals surface area contributed by atoms with Crippen molar-refractivity contribution < 1.29 is 4.79 Å². The molecule has 20 heavy (non-hydrogen) atoms. The monoisotopic (exact) mass is 337 g/mol. The lowest BCUT2D eigenvalue weighted by Crippen LogP contribution is -2.52. The highest BCUT2D eigenvalue weighted by atomic mass is 79.9. The first kappa shape index (κ1) is 14.0. The van der Waals surface area contributed by atoms with Crippen LogP contribution in [0.3, 0.4) is 0 Å². The number of amides is 1. The Bertz CT molecular complexity index is 463. The highest BCUT2D eigenvalue weighted by Crippen LogP contribution is 2.16. The van der Waals surface area contributed by atoms with E-state index in [1.165, 1.54) is 6.42 Å². The first-order valence-corrected chi connectivity index (χ1v) is 8.03. The van der Waals surface area contributed by atoms with Crippen LogP contribution in [0.2, 0.25) is 0 Å². The van der Waals surface area contributed by atoms with E-state index in [0.29, 0.717) is 6.04 Å². The molecule has 0 spiro atoms. The number of nitrogens with zero attached hydrogens (tertiary/aromatic N) is 2. The number of carbonyl (C=O) groups is 1. The van der Waals surface area contributed by atoms with Crippen molar-refractivity contribution in [2.24, 2.45) is 0 Å². The number of piperazine rings is 1. The summed E-state index contributed by atoms with van der Waals surface area (Å²) in [6.07, 6.45) is 1.24. The van der Waals surface area contributed by atoms with Gasteiger partial charge in [-0.3, -0.25) is 9.69 Å². The number of hydrogen-bond acceptors (Lipinski definition) is 3. The fraction of sp³-hybridized carbons (Fsp3) is 0.533. The lowest BCUT2D eigenvalue weighted by atomic mass is 10.1. The minimum Gasteiger partial charge on any atom is -0.336 e. The molecular formula is C15H20BrN3O. The molecule has 1 unspecified atom stereocenters. The minimum atomic E-state index is 0.154. The van der Waals surface area contributed by atoms with Gasteiger partial charge in [0.2, 0.25) is 0 Å². The fourth-order valence-electron chi connectivity index (χ4n) is 3.02. The molecule has 0 bridgehead atoms. The molecule has 108 valence electrons. The third-order valence-electron chi connectivity index (χ3n) is 4.24. The van der Waals surface area contributed by atoms with Gasteiger partial charge in [0.1, 0.15) is 0 Å². The van der Waals surface area contributed by atoms with Crippen LogP contribution in [0.25, 0.3) is 0 Å². The third-order valence-corrected chi connectivity index (χ3v) is 4.77. The smallest absolute Gasteiger partial charge is 0.253 e. The van der Waals surface area contributed by atoms with Crippen LogP contribution in [0.15, 0.2) is 28.7 Å². The minimum absolute atomic E-state index is 0.154. The summed E-state index contributed by atoms with van der Waals surface area (Å²) in [4.78, 5) is 16.9. The normalized spacial score (nSPS) is 24.1. The number of hydrogen-bond donors (Lipinski definition) is 1. The highest BCUT2D eigenvalue weighted by Gasteiger charge is 2.27. The number of nitrogens with one attached hydrogen (secondary N) is 1. The van der Waals surface area contributed by atoms with Crippen molar-refractivity contribution in [2.45, 2.75) is 12.5 Å². The predicted molar refractivity (Wildman–Crippen MR) is 82.9 cm³/mol. The summed E-state index contributed by atoms with van der Waals surface area (Å²) >= 11 is 3.40. The molecule has 2 saturated heterocycles. The Morgan fingerprint density at radius 2 is 1.85 bits per heavy atom. The van der Waals surface area contributed by atoms with Crippen LogP contribution in [0.5, 0.6) is 0 Å². The van der Waals surface area contributed by atoms with Gasteiger partial charge in [-0.1, -0.05) is 15.9 Å². The second-order valence-electron chi connectivity index (χ2n) is 5.48. The maximum atomic E-state index is 12.4. The van der Waals surface area contributed by atoms with Crippen molar-refractivity contribution >= 4 is 21.8 Å². The van der Waals surface area contributed by atoms with E-state index in [2.05, 4.69) is 26.1 Å². The number of rotatable bonds is 2. The van der Waals surface area contributed by atoms with Gasteiger partial charge in [-0.05, 0) is 37.2 Å². The summed E-state index contributed by atoms with van der Waals surface area (Å²) in [5, 5.41) is 3.41. The Labute approximate surface area is 128 Å². The molecule has 2 fully saturated rings. The molecule has 2 aliphatic rings. The van der Waals surface area contributed by atoms with Crippen LogP contribution in [0.1, 0.15) is 16.8 Å². The van der Waals surface area contributed by atoms with Crippen LogP contribution < -0.4 is 5.32 Å². The molecule has 0 aliphatic carbocycles. The average molecular weight is 338 g/mol. The van der Waals surface area contributed by atoms with Crippen LogP contribution in [-0.2, 0) is 0 Å². The summed E-state index contributed by atoms with van der Waals surface area (Å²) in [5.74, 6) is 0.154. The van der Waals surface area contributed by atoms with Crippen molar-refractivity contribution in [3.8, 4) is 0 Å². The summed E-state index contributed by atoms with van der Waals surface area (Å²) in [7, 11) is 0. The van der Waals surface area contributed by atoms with E-state index in [0.717, 1.165) is 49.3 Å². The molecule has 0 aromatic heterocycles. The Hall–Kier alpha value is -0.910. The Kier molecular flexibility index (Phi) is 4.38. The molecule has 0 radical (unpaired) electrons. The van der Waals surface area contributed by atoms with Crippen molar-refractivity contribution in [1.82, 2.24) is 15.1 Å². The molecule has 4 nitrogen and oxygen atoms in total. The van der Waals surface area contributed by atoms with Gasteiger partial charge in [0.05, 0.1) is 0 Å². The lowest BCUT2D eigenvalue weighted by Gasteiger charge is -2.37. The van der Waals surface area contributed by atoms with E-state index in [4.69, 9.17) is 0 Å². The molecule has 1 atom stereocenters. The molecule has 2 aliphatic heterocycles. The standard InChI is InChI=1S/C15H20BrN3O/c16-13-3-1-12(2-4-13)15(20)19-9-7-18(8-10-19)14-5-6-17-11-14/h1-4,14,17H,5-11H2. The molecule has 1 aromatic rings. The molecule has 3 rings (SSSR count). The molecule has 1 N–H and O–H groups in total. The Morgan fingerprint density at radius 1 is 1.15 bits per heavy atom. The molecule has 5 heteroatoms. The van der Waals surface area contributed by atoms with Gasteiger partial charge in [-0.2, -0.15) is 0 Å². The molecule has 1 aromatic carbocycles. The SMILES string of the molecule is O=C(c1ccc(Br)cc1)N1CCN(C2CCNC2)CC1. The van der Waals surface area contributed by atoms with Crippen molar-refractivity contribution in [1.29, 1.82) is 0 Å². The maximum absolute atomic E-state index is 12.4. The molecular weight excluding hydrogens is 318 g/mol. The summed E-state index contributed by atoms with van der Waals surface area (Å²) in [5.41, 5.74) is 0.782. The summed E-state index contributed by atoms with van der Waals surface area (Å²) < 4.78 is 1.01. The number of benzene rings is 1. The molecule has 2 heterocycles. The number of carbonyl (C=O) groups excluding carboxylic acids is 1. The molecule has 1 amide bonds. The molecule has 0 saturated carbocycles. The van der Waals surface area contributed by atoms with Crippen LogP contribution in [-0.4, -0.2) is 61.0 Å². The van der Waals surface area contributed by atoms with Gasteiger partial charge in [0.25, 0.3) is 5.91 Å². The van der Waals surface area contributed by atoms with Crippen molar-refractivity contribution in [2.75, 3.05) is 39.3 Å². The van der Waals surface area contributed by atoms with Gasteiger partial charge in [-0.15, -0.1) is 0 Å². The lowest BCUT2D eigenvalue weighted by molar-refractivity contribution is 0.0584. The van der Waals surface area contributed by atoms with E-state index in [1.54, 1.807) is 0 Å². The Morgan fingerprint density at radius 3 is 2.45 bits per heavy atom. The topological polar surface area (TPSA) is 35.6 Å². The average Bonchev–Trinajstić information content (AvgIpc) is 3.02. The zero-order valence-corrected chi connectivity index (χ0v) is 13.1. The van der Waals surface area contributed by atoms with E-state index < -0.39 is 0 Å². The quantitative estimate of drug-likeness (QED) is 0.889. The van der Waals surface area contributed by atoms with Gasteiger partial charge >= 0.3 is 0 Å². The predicted octanol–water partition coefficient (Wildman–Crippen LogP) is 1.57. The third kappa shape index (κ3) is 3.05. The number of halogens is 1. The van der Waals surface area contributed by atoms with Crippen molar-refractivity contribution in [3.63, 3.8) is 0 Å². The van der Waals surface area contributed by atoms with E-state index in [-0.39, 0.29) is 5.91 Å². The fourth-order valence-corrected chi connectivity index (χ4v) is 3.28. The van der Waals surface area contributed by atoms with Gasteiger partial charge in [0.15, 0.2) is 0 Å². The van der Waals surface area contributed by atoms with Gasteiger partial charge in [-0.25, -0.2) is 0 Å².